The Balaban J connectivity index is 2.68. The third-order valence-corrected chi connectivity index (χ3v) is 7.38. The predicted octanol–water partition coefficient (Wildman–Crippen LogP) is 2.82. The molecular weight excluding hydrogens is 368 g/mol. The van der Waals surface area contributed by atoms with Gasteiger partial charge in [-0.05, 0) is 24.5 Å². The number of nitrogens with two attached hydrogens (primary N) is 2. The van der Waals surface area contributed by atoms with Crippen molar-refractivity contribution in [1.29, 1.82) is 0 Å². The minimum Gasteiger partial charge on any atom is -0.477 e. The largest absolute Gasteiger partial charge is 0.477 e. The molecule has 0 saturated heterocycles. The van der Waals surface area contributed by atoms with Crippen molar-refractivity contribution >= 4 is 61.9 Å². The zero-order valence-corrected chi connectivity index (χ0v) is 14.4. The summed E-state index contributed by atoms with van der Waals surface area (Å²) in [7, 11) is -3.95. The fraction of sp³-hybridized carbons (Fsp3) is 0.0833. The molecule has 10 heteroatoms. The third-order valence-electron chi connectivity index (χ3n) is 2.80. The van der Waals surface area contributed by atoms with Crippen molar-refractivity contribution in [2.24, 2.45) is 0 Å². The number of halogens is 1. The molecule has 0 unspecified atom stereocenters. The van der Waals surface area contributed by atoms with Gasteiger partial charge in [0.2, 0.25) is 9.84 Å². The van der Waals surface area contributed by atoms with E-state index in [4.69, 9.17) is 28.2 Å². The summed E-state index contributed by atoms with van der Waals surface area (Å²) in [5.41, 5.74) is 11.4. The summed E-state index contributed by atoms with van der Waals surface area (Å²) in [6, 6.07) is 3.54. The third kappa shape index (κ3) is 2.89. The minimum atomic E-state index is -3.95. The van der Waals surface area contributed by atoms with Crippen molar-refractivity contribution in [3.63, 3.8) is 0 Å². The standard InChI is InChI=1S/C12H11ClN2O4S3/c1-20-12-9(4-8(21-12)11(16)17)22(18,19)5-2-6(13)10(15)7(14)3-5/h2-4H,14-15H2,1H3,(H,16,17). The van der Waals surface area contributed by atoms with Crippen LogP contribution in [0.15, 0.2) is 32.2 Å². The SMILES string of the molecule is CSc1sc(C(=O)O)cc1S(=O)(=O)c1cc(N)c(N)c(Cl)c1. The molecule has 0 spiro atoms. The highest BCUT2D eigenvalue weighted by atomic mass is 35.5. The lowest BCUT2D eigenvalue weighted by Crippen LogP contribution is -2.05. The van der Waals surface area contributed by atoms with Gasteiger partial charge in [0.25, 0.3) is 0 Å². The first kappa shape index (κ1) is 16.9. The zero-order valence-electron chi connectivity index (χ0n) is 11.2. The van der Waals surface area contributed by atoms with Gasteiger partial charge in [-0.3, -0.25) is 0 Å². The van der Waals surface area contributed by atoms with E-state index >= 15 is 0 Å². The molecule has 0 saturated carbocycles. The van der Waals surface area contributed by atoms with E-state index in [1.54, 1.807) is 6.26 Å². The van der Waals surface area contributed by atoms with E-state index in [2.05, 4.69) is 0 Å². The first-order chi connectivity index (χ1) is 10.2. The molecule has 0 aliphatic rings. The van der Waals surface area contributed by atoms with Gasteiger partial charge >= 0.3 is 5.97 Å². The molecule has 0 amide bonds. The Kier molecular flexibility index (Phi) is 4.62. The molecule has 0 atom stereocenters. The Labute approximate surface area is 140 Å². The molecule has 0 aliphatic carbocycles. The number of rotatable bonds is 4. The predicted molar refractivity (Wildman–Crippen MR) is 88.8 cm³/mol. The van der Waals surface area contributed by atoms with Crippen molar-refractivity contribution in [2.45, 2.75) is 14.0 Å². The molecule has 0 aliphatic heterocycles. The van der Waals surface area contributed by atoms with Gasteiger partial charge in [0, 0.05) is 0 Å². The number of anilines is 2. The van der Waals surface area contributed by atoms with Gasteiger partial charge < -0.3 is 16.6 Å². The second-order valence-electron chi connectivity index (χ2n) is 4.18. The number of thioether (sulfide) groups is 1. The number of thiophene rings is 1. The monoisotopic (exact) mass is 378 g/mol. The molecule has 0 radical (unpaired) electrons. The number of aromatic carboxylic acids is 1. The first-order valence-corrected chi connectivity index (χ1v) is 9.59. The van der Waals surface area contributed by atoms with Crippen molar-refractivity contribution in [2.75, 3.05) is 17.7 Å². The maximum Gasteiger partial charge on any atom is 0.345 e. The van der Waals surface area contributed by atoms with Gasteiger partial charge in [-0.15, -0.1) is 23.1 Å². The van der Waals surface area contributed by atoms with E-state index < -0.39 is 15.8 Å². The van der Waals surface area contributed by atoms with Crippen LogP contribution in [0, 0.1) is 0 Å². The lowest BCUT2D eigenvalue weighted by Gasteiger charge is -2.08. The van der Waals surface area contributed by atoms with Crippen LogP contribution in [-0.4, -0.2) is 25.7 Å². The Morgan fingerprint density at radius 2 is 1.95 bits per heavy atom. The molecule has 22 heavy (non-hydrogen) atoms. The summed E-state index contributed by atoms with van der Waals surface area (Å²) in [4.78, 5) is 10.8. The number of nitrogen functional groups attached to an aromatic ring is 2. The normalized spacial score (nSPS) is 11.5. The first-order valence-electron chi connectivity index (χ1n) is 5.69. The lowest BCUT2D eigenvalue weighted by atomic mass is 10.3. The number of carbonyl (C=O) groups is 1. The highest BCUT2D eigenvalue weighted by Crippen LogP contribution is 2.39. The van der Waals surface area contributed by atoms with Gasteiger partial charge in [0.1, 0.15) is 4.88 Å². The Bertz CT molecular complexity index is 838. The second-order valence-corrected chi connectivity index (χ2v) is 8.64. The summed E-state index contributed by atoms with van der Waals surface area (Å²) in [6.45, 7) is 0. The summed E-state index contributed by atoms with van der Waals surface area (Å²) < 4.78 is 25.8. The van der Waals surface area contributed by atoms with Crippen LogP contribution in [0.25, 0.3) is 0 Å². The molecule has 1 aromatic carbocycles. The molecule has 2 aromatic rings. The fourth-order valence-electron chi connectivity index (χ4n) is 1.69. The van der Waals surface area contributed by atoms with E-state index in [0.717, 1.165) is 29.2 Å². The van der Waals surface area contributed by atoms with Crippen molar-refractivity contribution in [3.8, 4) is 0 Å². The van der Waals surface area contributed by atoms with Crippen LogP contribution in [0.2, 0.25) is 5.02 Å². The number of hydrogen-bond donors (Lipinski definition) is 3. The number of carboxylic acids is 1. The fourth-order valence-corrected chi connectivity index (χ4v) is 5.87. The molecule has 5 N–H and O–H groups in total. The van der Waals surface area contributed by atoms with Crippen molar-refractivity contribution < 1.29 is 18.3 Å². The average Bonchev–Trinajstić information content (AvgIpc) is 2.89. The number of sulfone groups is 1. The Morgan fingerprint density at radius 3 is 2.45 bits per heavy atom. The van der Waals surface area contributed by atoms with E-state index in [1.807, 2.05) is 0 Å². The van der Waals surface area contributed by atoms with Gasteiger partial charge in [-0.25, -0.2) is 13.2 Å². The van der Waals surface area contributed by atoms with Crippen molar-refractivity contribution in [3.05, 3.63) is 28.1 Å². The molecule has 6 nitrogen and oxygen atoms in total. The van der Waals surface area contributed by atoms with Crippen LogP contribution in [-0.2, 0) is 9.84 Å². The topological polar surface area (TPSA) is 123 Å². The van der Waals surface area contributed by atoms with Gasteiger partial charge in [0.05, 0.1) is 30.4 Å². The molecule has 118 valence electrons. The Morgan fingerprint density at radius 1 is 1.32 bits per heavy atom. The molecule has 0 fully saturated rings. The van der Waals surface area contributed by atoms with Gasteiger partial charge in [-0.2, -0.15) is 0 Å². The quantitative estimate of drug-likeness (QED) is 0.552. The van der Waals surface area contributed by atoms with E-state index in [-0.39, 0.29) is 31.1 Å². The highest BCUT2D eigenvalue weighted by Gasteiger charge is 2.27. The second kappa shape index (κ2) is 5.99. The van der Waals surface area contributed by atoms with Crippen LogP contribution in [0.5, 0.6) is 0 Å². The summed E-state index contributed by atoms with van der Waals surface area (Å²) in [5.74, 6) is -1.18. The summed E-state index contributed by atoms with van der Waals surface area (Å²) in [6.07, 6.45) is 1.67. The van der Waals surface area contributed by atoms with E-state index in [0.29, 0.717) is 4.21 Å². The summed E-state index contributed by atoms with van der Waals surface area (Å²) in [5, 5.41) is 9.05. The molecule has 1 heterocycles. The van der Waals surface area contributed by atoms with Crippen LogP contribution < -0.4 is 11.5 Å². The van der Waals surface area contributed by atoms with E-state index in [9.17, 15) is 13.2 Å². The highest BCUT2D eigenvalue weighted by molar-refractivity contribution is 8.01. The number of carboxylic acid groups (broad SMARTS) is 1. The summed E-state index contributed by atoms with van der Waals surface area (Å²) >= 11 is 7.93. The Hall–Kier alpha value is -1.42. The lowest BCUT2D eigenvalue weighted by molar-refractivity contribution is 0.0702. The molecule has 0 bridgehead atoms. The maximum absolute atomic E-state index is 12.7. The maximum atomic E-state index is 12.7. The van der Waals surface area contributed by atoms with Crippen LogP contribution in [0.3, 0.4) is 0 Å². The van der Waals surface area contributed by atoms with Crippen LogP contribution >= 0.6 is 34.7 Å². The zero-order chi connectivity index (χ0) is 16.7. The number of benzene rings is 1. The molecule has 1 aromatic heterocycles. The van der Waals surface area contributed by atoms with Crippen LogP contribution in [0.1, 0.15) is 9.67 Å². The van der Waals surface area contributed by atoms with Gasteiger partial charge in [0.15, 0.2) is 0 Å². The molecular formula is C12H11ClN2O4S3. The average molecular weight is 379 g/mol. The molecule has 2 rings (SSSR count). The van der Waals surface area contributed by atoms with E-state index in [1.165, 1.54) is 12.1 Å². The van der Waals surface area contributed by atoms with Crippen LogP contribution in [0.4, 0.5) is 11.4 Å². The van der Waals surface area contributed by atoms with Crippen molar-refractivity contribution in [1.82, 2.24) is 0 Å². The number of hydrogen-bond acceptors (Lipinski definition) is 7. The smallest absolute Gasteiger partial charge is 0.345 e. The minimum absolute atomic E-state index is 0.0259. The van der Waals surface area contributed by atoms with Gasteiger partial charge in [-0.1, -0.05) is 11.6 Å².